The number of carbonyl (C=O) groups excluding carboxylic acids is 1. The first-order valence-corrected chi connectivity index (χ1v) is 9.93. The lowest BCUT2D eigenvalue weighted by atomic mass is 10.2. The van der Waals surface area contributed by atoms with Crippen molar-refractivity contribution in [1.29, 1.82) is 0 Å². The molecule has 10 heteroatoms. The second kappa shape index (κ2) is 8.46. The molecule has 152 valence electrons. The maximum atomic E-state index is 12.8. The van der Waals surface area contributed by atoms with Gasteiger partial charge in [-0.2, -0.15) is 5.10 Å². The Labute approximate surface area is 178 Å². The van der Waals surface area contributed by atoms with E-state index in [0.29, 0.717) is 36.2 Å². The van der Waals surface area contributed by atoms with E-state index in [1.54, 1.807) is 4.68 Å². The Bertz CT molecular complexity index is 1300. The molecule has 1 amide bonds. The van der Waals surface area contributed by atoms with Gasteiger partial charge < -0.3 is 10.3 Å². The highest BCUT2D eigenvalue weighted by Crippen LogP contribution is 2.12. The number of hydrogen-bond donors (Lipinski definition) is 2. The monoisotopic (exact) mass is 468 g/mol. The molecule has 0 spiro atoms. The molecule has 4 rings (SSSR count). The van der Waals surface area contributed by atoms with Crippen molar-refractivity contribution in [3.8, 4) is 0 Å². The Morgan fingerprint density at radius 2 is 1.93 bits per heavy atom. The quantitative estimate of drug-likeness (QED) is 0.445. The Morgan fingerprint density at radius 3 is 2.67 bits per heavy atom. The van der Waals surface area contributed by atoms with Crippen molar-refractivity contribution in [2.45, 2.75) is 13.1 Å². The van der Waals surface area contributed by atoms with Crippen molar-refractivity contribution in [1.82, 2.24) is 29.6 Å². The summed E-state index contributed by atoms with van der Waals surface area (Å²) in [6.45, 7) is 1.05. The van der Waals surface area contributed by atoms with Gasteiger partial charge in [-0.1, -0.05) is 28.1 Å². The fourth-order valence-electron chi connectivity index (χ4n) is 2.99. The van der Waals surface area contributed by atoms with Gasteiger partial charge in [-0.25, -0.2) is 9.67 Å². The third-order valence-corrected chi connectivity index (χ3v) is 5.07. The largest absolute Gasteiger partial charge is 0.350 e. The number of fused-ring (bicyclic) bond motifs is 1. The van der Waals surface area contributed by atoms with E-state index in [4.69, 9.17) is 0 Å². The first kappa shape index (κ1) is 19.8. The van der Waals surface area contributed by atoms with E-state index in [9.17, 15) is 14.4 Å². The van der Waals surface area contributed by atoms with E-state index in [1.165, 1.54) is 35.4 Å². The number of H-pyrrole nitrogens is 1. The summed E-state index contributed by atoms with van der Waals surface area (Å²) < 4.78 is 4.09. The van der Waals surface area contributed by atoms with Gasteiger partial charge in [0.25, 0.3) is 11.5 Å². The van der Waals surface area contributed by atoms with Crippen molar-refractivity contribution in [3.05, 3.63) is 91.4 Å². The molecule has 9 nitrogen and oxygen atoms in total. The number of carbonyl (C=O) groups is 1. The minimum absolute atomic E-state index is 0.175. The molecule has 1 aromatic carbocycles. The van der Waals surface area contributed by atoms with Crippen LogP contribution in [0.1, 0.15) is 15.9 Å². The van der Waals surface area contributed by atoms with Crippen molar-refractivity contribution >= 4 is 32.9 Å². The minimum Gasteiger partial charge on any atom is -0.350 e. The van der Waals surface area contributed by atoms with Crippen LogP contribution < -0.4 is 16.4 Å². The number of pyridine rings is 1. The number of amides is 1. The molecule has 0 aliphatic heterocycles. The molecule has 0 saturated carbocycles. The van der Waals surface area contributed by atoms with Gasteiger partial charge in [-0.15, -0.1) is 0 Å². The van der Waals surface area contributed by atoms with Gasteiger partial charge >= 0.3 is 0 Å². The lowest BCUT2D eigenvalue weighted by Crippen LogP contribution is -2.28. The van der Waals surface area contributed by atoms with Crippen LogP contribution in [0.25, 0.3) is 11.0 Å². The molecule has 4 aromatic rings. The summed E-state index contributed by atoms with van der Waals surface area (Å²) in [5, 5.41) is 7.40. The third-order valence-electron chi connectivity index (χ3n) is 4.54. The van der Waals surface area contributed by atoms with E-state index in [1.807, 2.05) is 24.3 Å². The molecule has 0 fully saturated rings. The van der Waals surface area contributed by atoms with Crippen LogP contribution in [0.2, 0.25) is 0 Å². The number of rotatable bonds is 6. The van der Waals surface area contributed by atoms with Gasteiger partial charge in [0.1, 0.15) is 11.7 Å². The highest BCUT2D eigenvalue weighted by Gasteiger charge is 2.11. The summed E-state index contributed by atoms with van der Waals surface area (Å²) in [6.07, 6.45) is 4.35. The molecule has 0 saturated heterocycles. The average Bonchev–Trinajstić information content (AvgIpc) is 3.16. The SMILES string of the molecule is O=C(NCCn1ncc2c(=O)n(Cc3ccc(Br)cc3)cnc21)c1ccc(=O)[nH]c1. The summed E-state index contributed by atoms with van der Waals surface area (Å²) >= 11 is 3.39. The van der Waals surface area contributed by atoms with Gasteiger partial charge in [0.2, 0.25) is 5.56 Å². The fourth-order valence-corrected chi connectivity index (χ4v) is 3.25. The van der Waals surface area contributed by atoms with Gasteiger partial charge in [-0.05, 0) is 23.8 Å². The molecule has 3 aromatic heterocycles. The van der Waals surface area contributed by atoms with E-state index < -0.39 is 0 Å². The zero-order valence-electron chi connectivity index (χ0n) is 15.7. The summed E-state index contributed by atoms with van der Waals surface area (Å²) in [6, 6.07) is 10.5. The Balaban J connectivity index is 1.45. The van der Waals surface area contributed by atoms with Gasteiger partial charge in [0.05, 0.1) is 24.8 Å². The first-order chi connectivity index (χ1) is 14.5. The number of nitrogens with one attached hydrogen (secondary N) is 2. The topological polar surface area (TPSA) is 115 Å². The predicted molar refractivity (Wildman–Crippen MR) is 114 cm³/mol. The molecule has 3 heterocycles. The van der Waals surface area contributed by atoms with Crippen molar-refractivity contribution in [3.63, 3.8) is 0 Å². The molecular formula is C20H17BrN6O3. The average molecular weight is 469 g/mol. The standard InChI is InChI=1S/C20H17BrN6O3/c21-15-4-1-13(2-5-15)11-26-12-24-18-16(20(26)30)10-25-27(18)8-7-22-19(29)14-3-6-17(28)23-9-14/h1-6,9-10,12H,7-8,11H2,(H,22,29)(H,23,28). The lowest BCUT2D eigenvalue weighted by molar-refractivity contribution is 0.0951. The number of aromatic nitrogens is 5. The molecular weight excluding hydrogens is 452 g/mol. The van der Waals surface area contributed by atoms with Crippen molar-refractivity contribution < 1.29 is 4.79 Å². The van der Waals surface area contributed by atoms with Crippen LogP contribution in [0, 0.1) is 0 Å². The smallest absolute Gasteiger partial charge is 0.264 e. The molecule has 0 unspecified atom stereocenters. The maximum Gasteiger partial charge on any atom is 0.264 e. The number of hydrogen-bond acceptors (Lipinski definition) is 5. The fraction of sp³-hybridized carbons (Fsp3) is 0.150. The van der Waals surface area contributed by atoms with E-state index >= 15 is 0 Å². The second-order valence-corrected chi connectivity index (χ2v) is 7.52. The molecule has 0 bridgehead atoms. The predicted octanol–water partition coefficient (Wildman–Crippen LogP) is 1.52. The third kappa shape index (κ3) is 4.23. The summed E-state index contributed by atoms with van der Waals surface area (Å²) in [7, 11) is 0. The Morgan fingerprint density at radius 1 is 1.13 bits per heavy atom. The van der Waals surface area contributed by atoms with Gasteiger partial charge in [-0.3, -0.25) is 19.0 Å². The molecule has 0 atom stereocenters. The first-order valence-electron chi connectivity index (χ1n) is 9.13. The van der Waals surface area contributed by atoms with Crippen molar-refractivity contribution in [2.24, 2.45) is 0 Å². The van der Waals surface area contributed by atoms with E-state index in [0.717, 1.165) is 10.0 Å². The van der Waals surface area contributed by atoms with Gasteiger partial charge in [0.15, 0.2) is 5.65 Å². The van der Waals surface area contributed by atoms with Crippen LogP contribution in [0.15, 0.2) is 69.2 Å². The molecule has 0 aliphatic rings. The van der Waals surface area contributed by atoms with Crippen molar-refractivity contribution in [2.75, 3.05) is 6.54 Å². The van der Waals surface area contributed by atoms with Crippen LogP contribution in [0.4, 0.5) is 0 Å². The zero-order chi connectivity index (χ0) is 21.1. The number of halogens is 1. The number of aromatic amines is 1. The minimum atomic E-state index is -0.312. The Hall–Kier alpha value is -3.53. The molecule has 0 radical (unpaired) electrons. The van der Waals surface area contributed by atoms with E-state index in [2.05, 4.69) is 36.3 Å². The van der Waals surface area contributed by atoms with Crippen LogP contribution in [0.5, 0.6) is 0 Å². The summed E-state index contributed by atoms with van der Waals surface area (Å²) in [4.78, 5) is 42.8. The van der Waals surface area contributed by atoms with Crippen LogP contribution in [-0.4, -0.2) is 36.8 Å². The van der Waals surface area contributed by atoms with Crippen LogP contribution >= 0.6 is 15.9 Å². The Kier molecular flexibility index (Phi) is 5.57. The number of nitrogens with zero attached hydrogens (tertiary/aromatic N) is 4. The lowest BCUT2D eigenvalue weighted by Gasteiger charge is -2.08. The highest BCUT2D eigenvalue weighted by atomic mass is 79.9. The summed E-state index contributed by atoms with van der Waals surface area (Å²) in [5.74, 6) is -0.312. The van der Waals surface area contributed by atoms with Crippen LogP contribution in [-0.2, 0) is 13.1 Å². The molecule has 0 aliphatic carbocycles. The molecule has 2 N–H and O–H groups in total. The molecule has 30 heavy (non-hydrogen) atoms. The maximum absolute atomic E-state index is 12.8. The van der Waals surface area contributed by atoms with Crippen LogP contribution in [0.3, 0.4) is 0 Å². The highest BCUT2D eigenvalue weighted by molar-refractivity contribution is 9.10. The van der Waals surface area contributed by atoms with Gasteiger partial charge in [0, 0.05) is 23.3 Å². The van der Waals surface area contributed by atoms with E-state index in [-0.39, 0.29) is 17.0 Å². The second-order valence-electron chi connectivity index (χ2n) is 6.61. The summed E-state index contributed by atoms with van der Waals surface area (Å²) in [5.41, 5.74) is 1.36. The zero-order valence-corrected chi connectivity index (χ0v) is 17.3. The number of benzene rings is 1. The normalized spacial score (nSPS) is 11.0.